The Morgan fingerprint density at radius 1 is 0.773 bits per heavy atom. The van der Waals surface area contributed by atoms with Gasteiger partial charge in [-0.05, 0) is 80.7 Å². The van der Waals surface area contributed by atoms with Gasteiger partial charge in [-0.2, -0.15) is 0 Å². The predicted molar refractivity (Wildman–Crippen MR) is 163 cm³/mol. The van der Waals surface area contributed by atoms with Crippen LogP contribution in [0.5, 0.6) is 0 Å². The van der Waals surface area contributed by atoms with Crippen molar-refractivity contribution in [3.8, 4) is 0 Å². The average Bonchev–Trinajstić information content (AvgIpc) is 2.82. The highest BCUT2D eigenvalue weighted by Crippen LogP contribution is 2.20. The maximum atomic E-state index is 13.7. The highest BCUT2D eigenvalue weighted by Gasteiger charge is 2.40. The zero-order valence-electron chi connectivity index (χ0n) is 27.6. The number of carbonyl (C=O) groups excluding carboxylic acids is 4. The third kappa shape index (κ3) is 17.4. The molecule has 2 atom stereocenters. The summed E-state index contributed by atoms with van der Waals surface area (Å²) in [4.78, 5) is 64.8. The third-order valence-corrected chi connectivity index (χ3v) is 5.60. The van der Waals surface area contributed by atoms with Gasteiger partial charge in [0.05, 0.1) is 19.1 Å². The molecule has 0 aromatic heterocycles. The Labute approximate surface area is 260 Å². The van der Waals surface area contributed by atoms with E-state index in [-0.39, 0.29) is 19.4 Å². The number of carboxylic acids is 1. The Kier molecular flexibility index (Phi) is 14.8. The fourth-order valence-corrected chi connectivity index (χ4v) is 4.15. The lowest BCUT2D eigenvalue weighted by Gasteiger charge is -2.36. The summed E-state index contributed by atoms with van der Waals surface area (Å²) >= 11 is 0. The first-order chi connectivity index (χ1) is 20.1. The second-order valence-electron chi connectivity index (χ2n) is 13.5. The lowest BCUT2D eigenvalue weighted by molar-refractivity contribution is -0.167. The van der Waals surface area contributed by atoms with Crippen LogP contribution in [0.25, 0.3) is 0 Å². The van der Waals surface area contributed by atoms with Gasteiger partial charge in [0.25, 0.3) is 0 Å². The molecule has 0 radical (unpaired) electrons. The number of aliphatic carboxylic acids is 1. The molecule has 2 unspecified atom stereocenters. The topological polar surface area (TPSA) is 158 Å². The molecule has 0 aliphatic rings. The largest absolute Gasteiger partial charge is 0.480 e. The summed E-state index contributed by atoms with van der Waals surface area (Å²) in [6.07, 6.45) is 0.0637. The number of nitrogens with zero attached hydrogens (tertiary/aromatic N) is 1. The second kappa shape index (κ2) is 17.0. The summed E-state index contributed by atoms with van der Waals surface area (Å²) in [5, 5.41) is 12.4. The van der Waals surface area contributed by atoms with Crippen molar-refractivity contribution in [1.82, 2.24) is 10.2 Å². The smallest absolute Gasteiger partial charge is 0.407 e. The number of esters is 3. The van der Waals surface area contributed by atoms with Crippen LogP contribution in [0.15, 0.2) is 30.3 Å². The lowest BCUT2D eigenvalue weighted by Crippen LogP contribution is -2.59. The predicted octanol–water partition coefficient (Wildman–Crippen LogP) is 4.62. The Bertz CT molecular complexity index is 1100. The molecule has 0 spiro atoms. The van der Waals surface area contributed by atoms with Gasteiger partial charge in [-0.1, -0.05) is 36.8 Å². The number of unbranched alkanes of at least 4 members (excludes halogenated alkanes) is 1. The van der Waals surface area contributed by atoms with Gasteiger partial charge in [0.2, 0.25) is 0 Å². The van der Waals surface area contributed by atoms with Crippen LogP contribution in [0.1, 0.15) is 93.6 Å². The van der Waals surface area contributed by atoms with Crippen molar-refractivity contribution in [2.24, 2.45) is 0 Å². The molecule has 44 heavy (non-hydrogen) atoms. The molecule has 0 heterocycles. The number of hydrogen-bond donors (Lipinski definition) is 2. The van der Waals surface area contributed by atoms with Crippen LogP contribution in [0, 0.1) is 0 Å². The third-order valence-electron chi connectivity index (χ3n) is 5.60. The summed E-state index contributed by atoms with van der Waals surface area (Å²) in [7, 11) is 0. The Morgan fingerprint density at radius 3 is 1.84 bits per heavy atom. The molecule has 1 amide bonds. The van der Waals surface area contributed by atoms with E-state index in [0.717, 1.165) is 10.5 Å². The van der Waals surface area contributed by atoms with E-state index in [1.807, 2.05) is 6.07 Å². The van der Waals surface area contributed by atoms with Crippen LogP contribution < -0.4 is 5.32 Å². The van der Waals surface area contributed by atoms with E-state index in [1.54, 1.807) is 86.6 Å². The van der Waals surface area contributed by atoms with E-state index in [9.17, 15) is 29.1 Å². The van der Waals surface area contributed by atoms with Crippen molar-refractivity contribution >= 4 is 30.0 Å². The van der Waals surface area contributed by atoms with Crippen molar-refractivity contribution in [2.75, 3.05) is 13.1 Å². The van der Waals surface area contributed by atoms with Gasteiger partial charge in [0.15, 0.2) is 0 Å². The van der Waals surface area contributed by atoms with Gasteiger partial charge < -0.3 is 29.4 Å². The van der Waals surface area contributed by atoms with Crippen LogP contribution in [0.4, 0.5) is 4.79 Å². The Hall–Kier alpha value is -3.67. The van der Waals surface area contributed by atoms with Gasteiger partial charge in [-0.25, -0.2) is 4.79 Å². The van der Waals surface area contributed by atoms with E-state index in [2.05, 4.69) is 5.32 Å². The number of benzene rings is 1. The summed E-state index contributed by atoms with van der Waals surface area (Å²) in [5.74, 6) is -3.31. The number of alkyl carbamates (subject to hydrolysis) is 1. The van der Waals surface area contributed by atoms with E-state index >= 15 is 0 Å². The first-order valence-corrected chi connectivity index (χ1v) is 14.7. The van der Waals surface area contributed by atoms with E-state index in [4.69, 9.17) is 18.9 Å². The van der Waals surface area contributed by atoms with E-state index in [1.165, 1.54) is 0 Å². The van der Waals surface area contributed by atoms with Crippen LogP contribution in [-0.4, -0.2) is 82.0 Å². The number of ether oxygens (including phenoxy) is 4. The monoisotopic (exact) mass is 622 g/mol. The Morgan fingerprint density at radius 2 is 1.32 bits per heavy atom. The number of carbonyl (C=O) groups is 5. The number of amides is 1. The minimum absolute atomic E-state index is 0.0497. The number of carboxylic acid groups (broad SMARTS) is 1. The van der Waals surface area contributed by atoms with Crippen LogP contribution in [0.3, 0.4) is 0 Å². The number of hydrogen-bond acceptors (Lipinski definition) is 10. The molecule has 0 fully saturated rings. The molecular formula is C32H50N2O10. The summed E-state index contributed by atoms with van der Waals surface area (Å²) in [6.45, 7) is 13.9. The second-order valence-corrected chi connectivity index (χ2v) is 13.5. The Balaban J connectivity index is 3.36. The molecule has 0 aliphatic carbocycles. The molecule has 248 valence electrons. The first-order valence-electron chi connectivity index (χ1n) is 14.7. The van der Waals surface area contributed by atoms with Crippen LogP contribution in [0.2, 0.25) is 0 Å². The summed E-state index contributed by atoms with van der Waals surface area (Å²) in [5.41, 5.74) is -1.75. The molecule has 12 nitrogen and oxygen atoms in total. The molecule has 0 aliphatic heterocycles. The molecular weight excluding hydrogens is 572 g/mol. The maximum absolute atomic E-state index is 13.7. The molecule has 1 rings (SSSR count). The SMILES string of the molecule is CC(C)(C)OC(=O)CCCCC(NC(=O)OCc1ccccc1)C(C(=O)OC(C)(C)C)N(CC(=O)O)CC(=O)OC(C)(C)C. The average molecular weight is 623 g/mol. The van der Waals surface area contributed by atoms with Gasteiger partial charge in [0, 0.05) is 6.42 Å². The van der Waals surface area contributed by atoms with Crippen LogP contribution in [-0.2, 0) is 44.7 Å². The van der Waals surface area contributed by atoms with E-state index in [0.29, 0.717) is 12.8 Å². The van der Waals surface area contributed by atoms with Crippen molar-refractivity contribution in [3.63, 3.8) is 0 Å². The van der Waals surface area contributed by atoms with Gasteiger partial charge >= 0.3 is 30.0 Å². The lowest BCUT2D eigenvalue weighted by atomic mass is 9.98. The summed E-state index contributed by atoms with van der Waals surface area (Å²) < 4.78 is 21.8. The molecule has 0 saturated carbocycles. The van der Waals surface area contributed by atoms with Crippen molar-refractivity contribution in [3.05, 3.63) is 35.9 Å². The standard InChI is InChI=1S/C32H50N2O10/c1-30(2,3)42-25(37)18-14-13-17-23(33-29(40)41-21-22-15-11-10-12-16-22)27(28(39)44-32(7,8)9)34(19-24(35)36)20-26(38)43-31(4,5)6/h10-12,15-16,23,27H,13-14,17-21H2,1-9H3,(H,33,40)(H,35,36). The minimum atomic E-state index is -1.41. The normalized spacial score (nSPS) is 13.4. The van der Waals surface area contributed by atoms with Gasteiger partial charge in [0.1, 0.15) is 29.5 Å². The van der Waals surface area contributed by atoms with Crippen molar-refractivity contribution in [2.45, 2.75) is 123 Å². The molecule has 2 N–H and O–H groups in total. The fraction of sp³-hybridized carbons (Fsp3) is 0.656. The molecule has 1 aromatic rings. The number of rotatable bonds is 15. The molecule has 12 heteroatoms. The van der Waals surface area contributed by atoms with Crippen molar-refractivity contribution < 1.29 is 48.0 Å². The van der Waals surface area contributed by atoms with Crippen molar-refractivity contribution in [1.29, 1.82) is 0 Å². The highest BCUT2D eigenvalue weighted by atomic mass is 16.6. The zero-order valence-corrected chi connectivity index (χ0v) is 27.6. The molecule has 0 saturated heterocycles. The minimum Gasteiger partial charge on any atom is -0.480 e. The van der Waals surface area contributed by atoms with Gasteiger partial charge in [-0.3, -0.25) is 24.1 Å². The number of nitrogens with one attached hydrogen (secondary N) is 1. The van der Waals surface area contributed by atoms with Crippen LogP contribution >= 0.6 is 0 Å². The highest BCUT2D eigenvalue weighted by molar-refractivity contribution is 5.82. The van der Waals surface area contributed by atoms with E-state index < -0.39 is 71.9 Å². The molecule has 1 aromatic carbocycles. The maximum Gasteiger partial charge on any atom is 0.407 e. The molecule has 0 bridgehead atoms. The van der Waals surface area contributed by atoms with Gasteiger partial charge in [-0.15, -0.1) is 0 Å². The summed E-state index contributed by atoms with van der Waals surface area (Å²) in [6, 6.07) is 6.49. The first kappa shape index (κ1) is 38.4. The fourth-order valence-electron chi connectivity index (χ4n) is 4.15. The zero-order chi connectivity index (χ0) is 33.7. The quantitative estimate of drug-likeness (QED) is 0.160.